The second-order valence-corrected chi connectivity index (χ2v) is 7.70. The van der Waals surface area contributed by atoms with E-state index < -0.39 is 30.7 Å². The second-order valence-electron chi connectivity index (χ2n) is 3.73. The zero-order valence-electron chi connectivity index (χ0n) is 9.25. The van der Waals surface area contributed by atoms with Crippen LogP contribution < -0.4 is 0 Å². The summed E-state index contributed by atoms with van der Waals surface area (Å²) >= 11 is 0. The van der Waals surface area contributed by atoms with Crippen LogP contribution in [-0.4, -0.2) is 41.6 Å². The molecule has 6 nitrogen and oxygen atoms in total. The van der Waals surface area contributed by atoms with Crippen molar-refractivity contribution in [1.82, 2.24) is 0 Å². The van der Waals surface area contributed by atoms with Crippen molar-refractivity contribution in [1.29, 1.82) is 0 Å². The highest BCUT2D eigenvalue weighted by atomic mass is 32.2. The fraction of sp³-hybridized carbons (Fsp3) is 1.00. The van der Waals surface area contributed by atoms with Gasteiger partial charge in [-0.05, 0) is 19.3 Å². The van der Waals surface area contributed by atoms with Crippen molar-refractivity contribution in [2.45, 2.75) is 36.2 Å². The summed E-state index contributed by atoms with van der Waals surface area (Å²) in [5, 5.41) is -1.50. The standard InChI is InChI=1S/C8H16O6S2/c1-13-15(9,10)7-4-3-5-8(6-7)16(11,12)14-2/h7-8H,3-6H2,1-2H3. The Labute approximate surface area is 96.2 Å². The maximum Gasteiger partial charge on any atom is 0.270 e. The lowest BCUT2D eigenvalue weighted by molar-refractivity contribution is 0.351. The highest BCUT2D eigenvalue weighted by molar-refractivity contribution is 7.88. The van der Waals surface area contributed by atoms with E-state index >= 15 is 0 Å². The quantitative estimate of drug-likeness (QED) is 0.682. The molecule has 1 rings (SSSR count). The third-order valence-electron chi connectivity index (χ3n) is 2.86. The minimum atomic E-state index is -3.64. The molecule has 0 bridgehead atoms. The van der Waals surface area contributed by atoms with Gasteiger partial charge in [0.05, 0.1) is 24.7 Å². The molecule has 1 saturated carbocycles. The van der Waals surface area contributed by atoms with E-state index in [9.17, 15) is 16.8 Å². The van der Waals surface area contributed by atoms with Crippen molar-refractivity contribution in [3.8, 4) is 0 Å². The topological polar surface area (TPSA) is 86.7 Å². The Morgan fingerprint density at radius 1 is 0.875 bits per heavy atom. The van der Waals surface area contributed by atoms with Gasteiger partial charge in [0.15, 0.2) is 0 Å². The molecular weight excluding hydrogens is 256 g/mol. The van der Waals surface area contributed by atoms with Crippen molar-refractivity contribution in [3.63, 3.8) is 0 Å². The van der Waals surface area contributed by atoms with Crippen LogP contribution in [0.15, 0.2) is 0 Å². The maximum absolute atomic E-state index is 11.5. The molecule has 2 unspecified atom stereocenters. The first-order chi connectivity index (χ1) is 7.33. The number of hydrogen-bond donors (Lipinski definition) is 0. The summed E-state index contributed by atoms with van der Waals surface area (Å²) in [7, 11) is -5.11. The summed E-state index contributed by atoms with van der Waals surface area (Å²) in [6, 6.07) is 0. The minimum absolute atomic E-state index is 0.0480. The number of hydrogen-bond acceptors (Lipinski definition) is 6. The normalized spacial score (nSPS) is 27.9. The fourth-order valence-electron chi connectivity index (χ4n) is 1.90. The van der Waals surface area contributed by atoms with Crippen molar-refractivity contribution < 1.29 is 25.2 Å². The van der Waals surface area contributed by atoms with Gasteiger partial charge in [-0.25, -0.2) is 0 Å². The lowest BCUT2D eigenvalue weighted by atomic mass is 10.00. The molecule has 0 saturated heterocycles. The molecule has 0 radical (unpaired) electrons. The van der Waals surface area contributed by atoms with E-state index in [-0.39, 0.29) is 6.42 Å². The van der Waals surface area contributed by atoms with E-state index in [1.54, 1.807) is 0 Å². The maximum atomic E-state index is 11.5. The zero-order valence-corrected chi connectivity index (χ0v) is 10.9. The SMILES string of the molecule is COS(=O)(=O)C1CCCC(S(=O)(=O)OC)C1. The molecule has 0 aromatic rings. The van der Waals surface area contributed by atoms with E-state index in [4.69, 9.17) is 0 Å². The molecule has 0 amide bonds. The third-order valence-corrected chi connectivity index (χ3v) is 6.28. The van der Waals surface area contributed by atoms with Crippen molar-refractivity contribution in [3.05, 3.63) is 0 Å². The van der Waals surface area contributed by atoms with Crippen LogP contribution in [0, 0.1) is 0 Å². The minimum Gasteiger partial charge on any atom is -0.273 e. The first-order valence-corrected chi connectivity index (χ1v) is 7.86. The molecule has 1 fully saturated rings. The molecule has 1 aliphatic carbocycles. The van der Waals surface area contributed by atoms with Gasteiger partial charge in [-0.1, -0.05) is 6.42 Å². The van der Waals surface area contributed by atoms with Crippen molar-refractivity contribution in [2.75, 3.05) is 14.2 Å². The average Bonchev–Trinajstić information content (AvgIpc) is 2.29. The van der Waals surface area contributed by atoms with E-state index in [1.807, 2.05) is 0 Å². The van der Waals surface area contributed by atoms with E-state index in [0.717, 1.165) is 14.2 Å². The highest BCUT2D eigenvalue weighted by Crippen LogP contribution is 2.29. The van der Waals surface area contributed by atoms with Gasteiger partial charge < -0.3 is 0 Å². The fourth-order valence-corrected chi connectivity index (χ4v) is 4.41. The van der Waals surface area contributed by atoms with Gasteiger partial charge in [0, 0.05) is 0 Å². The van der Waals surface area contributed by atoms with Gasteiger partial charge in [0.25, 0.3) is 20.2 Å². The largest absolute Gasteiger partial charge is 0.273 e. The summed E-state index contributed by atoms with van der Waals surface area (Å²) in [5.74, 6) is 0. The highest BCUT2D eigenvalue weighted by Gasteiger charge is 2.37. The van der Waals surface area contributed by atoms with Gasteiger partial charge >= 0.3 is 0 Å². The molecule has 0 aromatic carbocycles. The molecule has 96 valence electrons. The van der Waals surface area contributed by atoms with Crippen LogP contribution >= 0.6 is 0 Å². The molecule has 0 spiro atoms. The van der Waals surface area contributed by atoms with Crippen LogP contribution in [0.2, 0.25) is 0 Å². The van der Waals surface area contributed by atoms with Gasteiger partial charge in [0.2, 0.25) is 0 Å². The molecule has 0 heterocycles. The van der Waals surface area contributed by atoms with E-state index in [0.29, 0.717) is 19.3 Å². The van der Waals surface area contributed by atoms with Crippen LogP contribution in [0.1, 0.15) is 25.7 Å². The molecule has 1 aliphatic rings. The summed E-state index contributed by atoms with van der Waals surface area (Å²) < 4.78 is 54.6. The Morgan fingerprint density at radius 2 is 1.25 bits per heavy atom. The molecular formula is C8H16O6S2. The van der Waals surface area contributed by atoms with Crippen LogP contribution in [0.3, 0.4) is 0 Å². The molecule has 2 atom stereocenters. The summed E-state index contributed by atoms with van der Waals surface area (Å²) in [5.41, 5.74) is 0. The van der Waals surface area contributed by atoms with Gasteiger partial charge in [-0.2, -0.15) is 16.8 Å². The van der Waals surface area contributed by atoms with Crippen LogP contribution in [0.25, 0.3) is 0 Å². The van der Waals surface area contributed by atoms with Gasteiger partial charge in [0.1, 0.15) is 0 Å². The monoisotopic (exact) mass is 272 g/mol. The third kappa shape index (κ3) is 2.93. The van der Waals surface area contributed by atoms with Crippen molar-refractivity contribution >= 4 is 20.2 Å². The Morgan fingerprint density at radius 3 is 1.56 bits per heavy atom. The summed E-state index contributed by atoms with van der Waals surface area (Å²) in [6.45, 7) is 0. The Kier molecular flexibility index (Phi) is 4.33. The van der Waals surface area contributed by atoms with E-state index in [1.165, 1.54) is 0 Å². The lowest BCUT2D eigenvalue weighted by Crippen LogP contribution is -2.35. The van der Waals surface area contributed by atoms with Crippen LogP contribution in [0.5, 0.6) is 0 Å². The van der Waals surface area contributed by atoms with Gasteiger partial charge in [-0.15, -0.1) is 0 Å². The first kappa shape index (κ1) is 13.9. The molecule has 0 N–H and O–H groups in total. The van der Waals surface area contributed by atoms with Crippen LogP contribution in [0.4, 0.5) is 0 Å². The number of rotatable bonds is 4. The predicted molar refractivity (Wildman–Crippen MR) is 57.9 cm³/mol. The molecule has 0 aliphatic heterocycles. The second kappa shape index (κ2) is 4.99. The lowest BCUT2D eigenvalue weighted by Gasteiger charge is -2.26. The molecule has 8 heteroatoms. The van der Waals surface area contributed by atoms with Gasteiger partial charge in [-0.3, -0.25) is 8.37 Å². The zero-order chi connectivity index (χ0) is 12.4. The van der Waals surface area contributed by atoms with Crippen molar-refractivity contribution in [2.24, 2.45) is 0 Å². The Bertz CT molecular complexity index is 383. The summed E-state index contributed by atoms with van der Waals surface area (Å²) in [6.07, 6.45) is 1.46. The first-order valence-electron chi connectivity index (χ1n) is 4.92. The average molecular weight is 272 g/mol. The van der Waals surface area contributed by atoms with E-state index in [2.05, 4.69) is 8.37 Å². The smallest absolute Gasteiger partial charge is 0.270 e. The summed E-state index contributed by atoms with van der Waals surface area (Å²) in [4.78, 5) is 0. The molecule has 16 heavy (non-hydrogen) atoms. The Hall–Kier alpha value is -0.180. The predicted octanol–water partition coefficient (Wildman–Crippen LogP) is 0.250. The Balaban J connectivity index is 2.84. The van der Waals surface area contributed by atoms with Crippen LogP contribution in [-0.2, 0) is 28.6 Å². The molecule has 0 aromatic heterocycles.